The van der Waals surface area contributed by atoms with Gasteiger partial charge in [0.05, 0.1) is 18.3 Å². The van der Waals surface area contributed by atoms with Gasteiger partial charge in [-0.1, -0.05) is 30.3 Å². The molecular weight excluding hydrogens is 366 g/mol. The third kappa shape index (κ3) is 2.45. The summed E-state index contributed by atoms with van der Waals surface area (Å²) in [4.78, 5) is 15.1. The van der Waals surface area contributed by atoms with E-state index >= 15 is 0 Å². The molecule has 2 aromatic carbocycles. The summed E-state index contributed by atoms with van der Waals surface area (Å²) >= 11 is 3.49. The van der Waals surface area contributed by atoms with E-state index in [0.29, 0.717) is 12.1 Å². The average Bonchev–Trinajstić information content (AvgIpc) is 2.84. The Morgan fingerprint density at radius 2 is 1.83 bits per heavy atom. The lowest BCUT2D eigenvalue weighted by molar-refractivity contribution is 0.0984. The number of fused-ring (bicyclic) bond motifs is 2. The third-order valence-corrected chi connectivity index (χ3v) is 5.16. The summed E-state index contributed by atoms with van der Waals surface area (Å²) < 4.78 is 2.71. The van der Waals surface area contributed by atoms with E-state index in [0.717, 1.165) is 33.4 Å². The van der Waals surface area contributed by atoms with Gasteiger partial charge in [0.2, 0.25) is 0 Å². The van der Waals surface area contributed by atoms with Crippen molar-refractivity contribution < 1.29 is 4.79 Å². The molecule has 0 unspecified atom stereocenters. The van der Waals surface area contributed by atoms with Crippen LogP contribution in [0.4, 0.5) is 5.69 Å². The molecule has 0 spiro atoms. The maximum Gasteiger partial charge on any atom is 0.259 e. The first-order chi connectivity index (χ1) is 11.6. The minimum atomic E-state index is -0.00775. The van der Waals surface area contributed by atoms with Gasteiger partial charge >= 0.3 is 0 Å². The quantitative estimate of drug-likeness (QED) is 0.640. The van der Waals surface area contributed by atoms with E-state index in [1.807, 2.05) is 65.3 Å². The van der Waals surface area contributed by atoms with Crippen LogP contribution in [-0.2, 0) is 20.0 Å². The van der Waals surface area contributed by atoms with Crippen molar-refractivity contribution in [2.45, 2.75) is 13.0 Å². The number of benzene rings is 2. The summed E-state index contributed by atoms with van der Waals surface area (Å²) in [5.41, 5.74) is 5.02. The summed E-state index contributed by atoms with van der Waals surface area (Å²) in [6.07, 6.45) is 2.64. The van der Waals surface area contributed by atoms with Crippen molar-refractivity contribution in [1.82, 2.24) is 9.78 Å². The first-order valence-electron chi connectivity index (χ1n) is 7.79. The molecule has 1 amide bonds. The van der Waals surface area contributed by atoms with E-state index in [9.17, 15) is 4.79 Å². The Hall–Kier alpha value is -2.40. The molecule has 0 atom stereocenters. The number of rotatable bonds is 1. The molecule has 4 rings (SSSR count). The van der Waals surface area contributed by atoms with Gasteiger partial charge in [0.25, 0.3) is 5.91 Å². The van der Waals surface area contributed by atoms with Gasteiger partial charge in [0.15, 0.2) is 0 Å². The van der Waals surface area contributed by atoms with Crippen molar-refractivity contribution in [3.8, 4) is 0 Å². The van der Waals surface area contributed by atoms with Crippen molar-refractivity contribution in [3.63, 3.8) is 0 Å². The van der Waals surface area contributed by atoms with Gasteiger partial charge in [-0.25, -0.2) is 0 Å². The number of aromatic nitrogens is 2. The van der Waals surface area contributed by atoms with Gasteiger partial charge in [-0.3, -0.25) is 9.48 Å². The fraction of sp³-hybridized carbons (Fsp3) is 0.158. The number of halogens is 1. The lowest BCUT2D eigenvalue weighted by Crippen LogP contribution is -2.30. The zero-order valence-electron chi connectivity index (χ0n) is 13.2. The number of carbonyl (C=O) groups excluding carboxylic acids is 1. The molecule has 0 aliphatic carbocycles. The molecule has 3 aromatic rings. The molecule has 0 saturated heterocycles. The highest BCUT2D eigenvalue weighted by atomic mass is 79.9. The Morgan fingerprint density at radius 3 is 2.67 bits per heavy atom. The second-order valence-corrected chi connectivity index (χ2v) is 6.77. The van der Waals surface area contributed by atoms with Crippen molar-refractivity contribution in [3.05, 3.63) is 81.6 Å². The van der Waals surface area contributed by atoms with E-state index < -0.39 is 0 Å². The van der Waals surface area contributed by atoms with E-state index in [2.05, 4.69) is 27.1 Å². The third-order valence-electron chi connectivity index (χ3n) is 4.47. The van der Waals surface area contributed by atoms with E-state index in [1.54, 1.807) is 0 Å². The summed E-state index contributed by atoms with van der Waals surface area (Å²) in [5, 5.41) is 4.37. The Labute approximate surface area is 148 Å². The molecule has 120 valence electrons. The number of nitrogens with zero attached hydrogens (tertiary/aromatic N) is 3. The van der Waals surface area contributed by atoms with Crippen LogP contribution in [0, 0.1) is 0 Å². The van der Waals surface area contributed by atoms with E-state index in [4.69, 9.17) is 0 Å². The van der Waals surface area contributed by atoms with Crippen LogP contribution in [0.2, 0.25) is 0 Å². The first-order valence-corrected chi connectivity index (χ1v) is 8.58. The summed E-state index contributed by atoms with van der Waals surface area (Å²) in [5.74, 6) is -0.00775. The summed E-state index contributed by atoms with van der Waals surface area (Å²) in [7, 11) is 1.95. The topological polar surface area (TPSA) is 38.1 Å². The van der Waals surface area contributed by atoms with Crippen LogP contribution in [0.5, 0.6) is 0 Å². The molecule has 0 radical (unpaired) electrons. The number of carbonyl (C=O) groups is 1. The maximum atomic E-state index is 13.2. The number of anilines is 1. The second-order valence-electron chi connectivity index (χ2n) is 5.92. The number of aryl methyl sites for hydroxylation is 1. The zero-order valence-corrected chi connectivity index (χ0v) is 14.8. The van der Waals surface area contributed by atoms with Gasteiger partial charge in [-0.05, 0) is 39.7 Å². The smallest absolute Gasteiger partial charge is 0.259 e. The van der Waals surface area contributed by atoms with Crippen LogP contribution in [0.25, 0.3) is 0 Å². The molecule has 2 heterocycles. The van der Waals surface area contributed by atoms with Gasteiger partial charge in [0.1, 0.15) is 0 Å². The lowest BCUT2D eigenvalue weighted by Gasteiger charge is -2.23. The van der Waals surface area contributed by atoms with Crippen molar-refractivity contribution in [1.29, 1.82) is 0 Å². The number of amides is 1. The highest BCUT2D eigenvalue weighted by Gasteiger charge is 2.27. The predicted molar refractivity (Wildman–Crippen MR) is 97.1 cm³/mol. The highest BCUT2D eigenvalue weighted by molar-refractivity contribution is 9.10. The van der Waals surface area contributed by atoms with Crippen LogP contribution >= 0.6 is 15.9 Å². The maximum absolute atomic E-state index is 13.2. The number of hydrogen-bond donors (Lipinski definition) is 0. The minimum absolute atomic E-state index is 0.00775. The lowest BCUT2D eigenvalue weighted by atomic mass is 10.1. The van der Waals surface area contributed by atoms with Gasteiger partial charge in [0, 0.05) is 34.9 Å². The molecule has 0 saturated carbocycles. The monoisotopic (exact) mass is 381 g/mol. The Morgan fingerprint density at radius 1 is 1.08 bits per heavy atom. The Balaban J connectivity index is 1.85. The van der Waals surface area contributed by atoms with Gasteiger partial charge in [-0.15, -0.1) is 0 Å². The van der Waals surface area contributed by atoms with Crippen LogP contribution in [-0.4, -0.2) is 15.7 Å². The van der Waals surface area contributed by atoms with Crippen LogP contribution in [0.15, 0.2) is 59.2 Å². The van der Waals surface area contributed by atoms with Crippen LogP contribution in [0.1, 0.15) is 27.2 Å². The van der Waals surface area contributed by atoms with Crippen molar-refractivity contribution >= 4 is 27.5 Å². The highest BCUT2D eigenvalue weighted by Crippen LogP contribution is 2.32. The average molecular weight is 382 g/mol. The molecule has 24 heavy (non-hydrogen) atoms. The fourth-order valence-corrected chi connectivity index (χ4v) is 3.64. The van der Waals surface area contributed by atoms with Gasteiger partial charge in [-0.2, -0.15) is 5.10 Å². The standard InChI is InChI=1S/C19H16BrN3O/c1-22-18-10-13-6-2-5-9-17(13)23(12-14(18)11-21-22)19(24)15-7-3-4-8-16(15)20/h2-9,11H,10,12H2,1H3. The SMILES string of the molecule is Cn1ncc2c1Cc1ccccc1N(C(=O)c1ccccc1Br)C2. The molecule has 1 aromatic heterocycles. The van der Waals surface area contributed by atoms with Crippen molar-refractivity contribution in [2.75, 3.05) is 4.90 Å². The predicted octanol–water partition coefficient (Wildman–Crippen LogP) is 3.93. The van der Waals surface area contributed by atoms with Crippen LogP contribution in [0.3, 0.4) is 0 Å². The molecule has 0 N–H and O–H groups in total. The minimum Gasteiger partial charge on any atom is -0.303 e. The number of hydrogen-bond acceptors (Lipinski definition) is 2. The molecule has 5 heteroatoms. The second kappa shape index (κ2) is 5.91. The normalized spacial score (nSPS) is 13.2. The first kappa shape index (κ1) is 15.1. The van der Waals surface area contributed by atoms with E-state index in [1.165, 1.54) is 0 Å². The largest absolute Gasteiger partial charge is 0.303 e. The zero-order chi connectivity index (χ0) is 16.7. The number of para-hydroxylation sites is 1. The molecule has 1 aliphatic heterocycles. The van der Waals surface area contributed by atoms with E-state index in [-0.39, 0.29) is 5.91 Å². The Kier molecular flexibility index (Phi) is 3.73. The molecular formula is C19H16BrN3O. The molecule has 4 nitrogen and oxygen atoms in total. The molecule has 0 bridgehead atoms. The molecule has 1 aliphatic rings. The summed E-state index contributed by atoms with van der Waals surface area (Å²) in [6.45, 7) is 0.528. The van der Waals surface area contributed by atoms with Crippen molar-refractivity contribution in [2.24, 2.45) is 7.05 Å². The fourth-order valence-electron chi connectivity index (χ4n) is 3.19. The summed E-state index contributed by atoms with van der Waals surface area (Å²) in [6, 6.07) is 15.6. The molecule has 0 fully saturated rings. The van der Waals surface area contributed by atoms with Crippen LogP contribution < -0.4 is 4.90 Å². The Bertz CT molecular complexity index is 932. The van der Waals surface area contributed by atoms with Gasteiger partial charge < -0.3 is 4.90 Å².